The van der Waals surface area contributed by atoms with E-state index in [0.717, 1.165) is 24.1 Å². The molecular formula is C21H22F2N4O2. The number of aromatic nitrogens is 4. The van der Waals surface area contributed by atoms with Gasteiger partial charge in [-0.2, -0.15) is 5.10 Å². The molecule has 8 heteroatoms. The fourth-order valence-corrected chi connectivity index (χ4v) is 4.74. The van der Waals surface area contributed by atoms with Gasteiger partial charge in [0.15, 0.2) is 0 Å². The minimum absolute atomic E-state index is 0.0986. The van der Waals surface area contributed by atoms with Gasteiger partial charge in [0.2, 0.25) is 5.89 Å². The van der Waals surface area contributed by atoms with Crippen molar-refractivity contribution in [3.8, 4) is 17.3 Å². The van der Waals surface area contributed by atoms with Gasteiger partial charge >= 0.3 is 6.08 Å². The molecule has 1 aromatic carbocycles. The van der Waals surface area contributed by atoms with Gasteiger partial charge in [0, 0.05) is 0 Å². The standard InChI is InChI=1S/C19H16F2N4O2.C2H6/c1-9-10-6-7-19(9,17-24-25-18(26-2)27-17)16-11(10)8-14(22-23-16)15-12(20)4-3-5-13(15)21;1-2/h3-5,8-10H,6-7H2,1-2H3;1-2H3/t9-,10-,19?;/m1./s1. The summed E-state index contributed by atoms with van der Waals surface area (Å²) in [6.45, 7) is 6.11. The van der Waals surface area contributed by atoms with Gasteiger partial charge in [-0.3, -0.25) is 0 Å². The van der Waals surface area contributed by atoms with Crippen molar-refractivity contribution >= 4 is 0 Å². The van der Waals surface area contributed by atoms with E-state index in [9.17, 15) is 8.78 Å². The van der Waals surface area contributed by atoms with Crippen LogP contribution in [0, 0.1) is 17.6 Å². The molecule has 0 radical (unpaired) electrons. The molecule has 0 amide bonds. The number of fused-ring (bicyclic) bond motifs is 5. The number of nitrogens with zero attached hydrogens (tertiary/aromatic N) is 4. The Bertz CT molecular complexity index is 1030. The van der Waals surface area contributed by atoms with E-state index < -0.39 is 17.0 Å². The highest BCUT2D eigenvalue weighted by atomic mass is 19.1. The van der Waals surface area contributed by atoms with E-state index in [2.05, 4.69) is 27.3 Å². The Morgan fingerprint density at radius 3 is 2.48 bits per heavy atom. The zero-order valence-electron chi connectivity index (χ0n) is 16.7. The number of ether oxygens (including phenoxy) is 1. The van der Waals surface area contributed by atoms with Crippen molar-refractivity contribution in [1.82, 2.24) is 20.4 Å². The number of halogens is 2. The first-order valence-electron chi connectivity index (χ1n) is 9.76. The van der Waals surface area contributed by atoms with Crippen molar-refractivity contribution in [2.75, 3.05) is 7.11 Å². The van der Waals surface area contributed by atoms with E-state index in [0.29, 0.717) is 5.89 Å². The summed E-state index contributed by atoms with van der Waals surface area (Å²) in [4.78, 5) is 0. The summed E-state index contributed by atoms with van der Waals surface area (Å²) >= 11 is 0. The second-order valence-corrected chi connectivity index (χ2v) is 7.11. The van der Waals surface area contributed by atoms with Crippen molar-refractivity contribution in [3.63, 3.8) is 0 Å². The van der Waals surface area contributed by atoms with Gasteiger partial charge in [0.05, 0.1) is 29.5 Å². The summed E-state index contributed by atoms with van der Waals surface area (Å²) in [5.74, 6) is -0.504. The second-order valence-electron chi connectivity index (χ2n) is 7.11. The lowest BCUT2D eigenvalue weighted by Crippen LogP contribution is -2.30. The van der Waals surface area contributed by atoms with E-state index in [1.165, 1.54) is 25.3 Å². The molecule has 29 heavy (non-hydrogen) atoms. The third-order valence-electron chi connectivity index (χ3n) is 6.06. The van der Waals surface area contributed by atoms with Crippen molar-refractivity contribution in [2.24, 2.45) is 5.92 Å². The van der Waals surface area contributed by atoms with E-state index in [-0.39, 0.29) is 29.2 Å². The van der Waals surface area contributed by atoms with Crippen LogP contribution in [-0.2, 0) is 5.41 Å². The summed E-state index contributed by atoms with van der Waals surface area (Å²) in [6.07, 6.45) is 1.81. The molecule has 2 heterocycles. The minimum atomic E-state index is -0.656. The molecule has 2 aliphatic carbocycles. The number of benzene rings is 1. The van der Waals surface area contributed by atoms with E-state index in [4.69, 9.17) is 9.15 Å². The highest BCUT2D eigenvalue weighted by molar-refractivity contribution is 5.63. The lowest BCUT2D eigenvalue weighted by atomic mass is 9.78. The molecule has 152 valence electrons. The Morgan fingerprint density at radius 1 is 1.10 bits per heavy atom. The van der Waals surface area contributed by atoms with Crippen LogP contribution in [0.25, 0.3) is 11.3 Å². The molecule has 5 rings (SSSR count). The van der Waals surface area contributed by atoms with E-state index in [1.807, 2.05) is 13.8 Å². The lowest BCUT2D eigenvalue weighted by Gasteiger charge is -2.25. The molecule has 2 aliphatic rings. The van der Waals surface area contributed by atoms with Crippen molar-refractivity contribution in [1.29, 1.82) is 0 Å². The van der Waals surface area contributed by atoms with Gasteiger partial charge in [0.25, 0.3) is 0 Å². The monoisotopic (exact) mass is 400 g/mol. The van der Waals surface area contributed by atoms with Crippen LogP contribution in [0.15, 0.2) is 28.7 Å². The zero-order chi connectivity index (χ0) is 20.8. The van der Waals surface area contributed by atoms with Crippen molar-refractivity contribution < 1.29 is 17.9 Å². The first-order chi connectivity index (χ1) is 14.1. The van der Waals surface area contributed by atoms with Crippen LogP contribution in [-0.4, -0.2) is 27.5 Å². The highest BCUT2D eigenvalue weighted by Gasteiger charge is 2.60. The fourth-order valence-electron chi connectivity index (χ4n) is 4.74. The number of hydrogen-bond acceptors (Lipinski definition) is 6. The number of methoxy groups -OCH3 is 1. The maximum atomic E-state index is 14.2. The normalized spacial score (nSPS) is 24.1. The van der Waals surface area contributed by atoms with Crippen LogP contribution in [0.5, 0.6) is 6.08 Å². The fraction of sp³-hybridized carbons (Fsp3) is 0.429. The molecule has 1 fully saturated rings. The molecule has 2 aromatic heterocycles. The van der Waals surface area contributed by atoms with Crippen LogP contribution in [0.1, 0.15) is 56.7 Å². The topological polar surface area (TPSA) is 73.9 Å². The molecular weight excluding hydrogens is 378 g/mol. The Morgan fingerprint density at radius 2 is 1.83 bits per heavy atom. The maximum absolute atomic E-state index is 14.2. The first-order valence-corrected chi connectivity index (χ1v) is 9.76. The summed E-state index contributed by atoms with van der Waals surface area (Å²) in [6, 6.07) is 5.51. The summed E-state index contributed by atoms with van der Waals surface area (Å²) < 4.78 is 39.1. The molecule has 0 saturated heterocycles. The Hall–Kier alpha value is -2.90. The van der Waals surface area contributed by atoms with Gasteiger partial charge in [-0.1, -0.05) is 31.9 Å². The summed E-state index contributed by atoms with van der Waals surface area (Å²) in [5.41, 5.74) is 1.19. The maximum Gasteiger partial charge on any atom is 0.414 e. The average Bonchev–Trinajstić information content (AvgIpc) is 3.41. The number of rotatable bonds is 3. The van der Waals surface area contributed by atoms with Crippen molar-refractivity contribution in [3.05, 3.63) is 53.0 Å². The van der Waals surface area contributed by atoms with Gasteiger partial charge in [-0.25, -0.2) is 8.78 Å². The van der Waals surface area contributed by atoms with Gasteiger partial charge < -0.3 is 9.15 Å². The van der Waals surface area contributed by atoms with Gasteiger partial charge in [0.1, 0.15) is 11.6 Å². The van der Waals surface area contributed by atoms with Gasteiger partial charge in [-0.05, 0) is 48.4 Å². The predicted octanol–water partition coefficient (Wildman–Crippen LogP) is 4.65. The molecule has 1 saturated carbocycles. The quantitative estimate of drug-likeness (QED) is 0.637. The Balaban J connectivity index is 0.000000994. The molecule has 3 aromatic rings. The van der Waals surface area contributed by atoms with Crippen LogP contribution in [0.3, 0.4) is 0 Å². The van der Waals surface area contributed by atoms with Gasteiger partial charge in [-0.15, -0.1) is 10.2 Å². The van der Waals surface area contributed by atoms with E-state index in [1.54, 1.807) is 6.07 Å². The third-order valence-corrected chi connectivity index (χ3v) is 6.06. The second kappa shape index (κ2) is 7.17. The molecule has 3 atom stereocenters. The lowest BCUT2D eigenvalue weighted by molar-refractivity contribution is 0.247. The SMILES string of the molecule is CC.COc1nnc(C23CC[C@@H](c4cc(-c5c(F)cccc5F)nnc42)[C@H]3C)o1. The smallest absolute Gasteiger partial charge is 0.414 e. The van der Waals surface area contributed by atoms with Crippen LogP contribution >= 0.6 is 0 Å². The van der Waals surface area contributed by atoms with Crippen LogP contribution in [0.4, 0.5) is 8.78 Å². The summed E-state index contributed by atoms with van der Waals surface area (Å²) in [7, 11) is 1.47. The zero-order valence-corrected chi connectivity index (χ0v) is 16.7. The summed E-state index contributed by atoms with van der Waals surface area (Å²) in [5, 5.41) is 16.6. The molecule has 6 nitrogen and oxygen atoms in total. The highest BCUT2D eigenvalue weighted by Crippen LogP contribution is 2.63. The predicted molar refractivity (Wildman–Crippen MR) is 102 cm³/mol. The van der Waals surface area contributed by atoms with Crippen LogP contribution in [0.2, 0.25) is 0 Å². The van der Waals surface area contributed by atoms with E-state index >= 15 is 0 Å². The van der Waals surface area contributed by atoms with Crippen LogP contribution < -0.4 is 4.74 Å². The molecule has 2 bridgehead atoms. The third kappa shape index (κ3) is 2.65. The molecule has 0 spiro atoms. The van der Waals surface area contributed by atoms with Crippen molar-refractivity contribution in [2.45, 2.75) is 44.9 Å². The Labute approximate surface area is 167 Å². The average molecular weight is 400 g/mol. The molecule has 0 N–H and O–H groups in total. The molecule has 1 unspecified atom stereocenters. The molecule has 0 aliphatic heterocycles. The largest absolute Gasteiger partial charge is 0.452 e. The minimum Gasteiger partial charge on any atom is -0.452 e. The Kier molecular flexibility index (Phi) is 4.80. The first kappa shape index (κ1) is 19.4. The number of hydrogen-bond donors (Lipinski definition) is 0.